The minimum absolute atomic E-state index is 0.0297. The Labute approximate surface area is 277 Å². The van der Waals surface area contributed by atoms with Crippen molar-refractivity contribution in [2.45, 2.75) is 58.3 Å². The number of carbonyl (C=O) groups excluding carboxylic acids is 4. The Morgan fingerprint density at radius 1 is 0.936 bits per heavy atom. The lowest BCUT2D eigenvalue weighted by Crippen LogP contribution is -2.38. The van der Waals surface area contributed by atoms with Crippen LogP contribution >= 0.6 is 0 Å². The fourth-order valence-corrected chi connectivity index (χ4v) is 5.37. The molecular formula is C37H45N5O5. The van der Waals surface area contributed by atoms with Crippen LogP contribution in [0.15, 0.2) is 79.1 Å². The monoisotopic (exact) mass is 639 g/mol. The van der Waals surface area contributed by atoms with Crippen molar-refractivity contribution in [3.8, 4) is 0 Å². The molecule has 0 saturated carbocycles. The van der Waals surface area contributed by atoms with Crippen molar-refractivity contribution in [2.24, 2.45) is 5.92 Å². The van der Waals surface area contributed by atoms with Crippen LogP contribution in [-0.2, 0) is 20.7 Å². The van der Waals surface area contributed by atoms with Gasteiger partial charge in [0.25, 0.3) is 5.91 Å². The second-order valence-electron chi connectivity index (χ2n) is 11.8. The van der Waals surface area contributed by atoms with Gasteiger partial charge in [-0.05, 0) is 85.2 Å². The van der Waals surface area contributed by atoms with E-state index in [1.54, 1.807) is 67.0 Å². The maximum absolute atomic E-state index is 13.2. The first-order valence-electron chi connectivity index (χ1n) is 16.5. The number of ether oxygens (including phenoxy) is 1. The quantitative estimate of drug-likeness (QED) is 0.129. The molecule has 1 aromatic heterocycles. The first-order chi connectivity index (χ1) is 22.9. The van der Waals surface area contributed by atoms with Gasteiger partial charge in [0, 0.05) is 55.0 Å². The van der Waals surface area contributed by atoms with Crippen LogP contribution in [0.3, 0.4) is 0 Å². The van der Waals surface area contributed by atoms with Crippen molar-refractivity contribution in [1.82, 2.24) is 15.2 Å². The zero-order valence-electron chi connectivity index (χ0n) is 27.1. The van der Waals surface area contributed by atoms with Crippen molar-refractivity contribution in [1.29, 1.82) is 0 Å². The molecule has 10 heteroatoms. The number of likely N-dealkylation sites (tertiary alicyclic amines) is 1. The van der Waals surface area contributed by atoms with Gasteiger partial charge in [0.1, 0.15) is 0 Å². The maximum Gasteiger partial charge on any atom is 0.411 e. The number of unbranched alkanes of at least 4 members (excludes halogenated alkanes) is 2. The van der Waals surface area contributed by atoms with E-state index in [2.05, 4.69) is 20.9 Å². The number of nitrogens with one attached hydrogen (secondary N) is 3. The number of hydrogen-bond donors (Lipinski definition) is 3. The first-order valence-corrected chi connectivity index (χ1v) is 16.5. The van der Waals surface area contributed by atoms with Crippen molar-refractivity contribution in [3.05, 3.63) is 95.8 Å². The Bertz CT molecular complexity index is 1480. The summed E-state index contributed by atoms with van der Waals surface area (Å²) in [7, 11) is 0. The van der Waals surface area contributed by atoms with E-state index in [0.717, 1.165) is 56.1 Å². The topological polar surface area (TPSA) is 130 Å². The summed E-state index contributed by atoms with van der Waals surface area (Å²) < 4.78 is 5.11. The van der Waals surface area contributed by atoms with Gasteiger partial charge in [-0.15, -0.1) is 0 Å². The minimum Gasteiger partial charge on any atom is -0.449 e. The van der Waals surface area contributed by atoms with Gasteiger partial charge in [0.2, 0.25) is 11.8 Å². The standard InChI is InChI=1S/C37H45N5O5/c1-2-3-24-47-37(46)41-32-15-12-29(13-16-32)25-35(44)40-33-11-6-10-31(26-33)36(45)42-22-18-28(19-23-42)8-4-5-21-39-34(43)17-14-30-9-7-20-38-27-30/h6-7,9-17,20,26-28H,2-5,8,18-19,21-25H2,1H3,(H,39,43)(H,40,44)(H,41,46)/b17-14+. The van der Waals surface area contributed by atoms with E-state index in [1.807, 2.05) is 24.0 Å². The van der Waals surface area contributed by atoms with Crippen molar-refractivity contribution < 1.29 is 23.9 Å². The summed E-state index contributed by atoms with van der Waals surface area (Å²) in [4.78, 5) is 55.8. The molecule has 4 amide bonds. The average molecular weight is 640 g/mol. The van der Waals surface area contributed by atoms with Crippen LogP contribution in [-0.4, -0.2) is 59.9 Å². The first kappa shape index (κ1) is 34.9. The second-order valence-corrected chi connectivity index (χ2v) is 11.8. The van der Waals surface area contributed by atoms with E-state index in [0.29, 0.717) is 49.1 Å². The Morgan fingerprint density at radius 2 is 1.74 bits per heavy atom. The Hall–Kier alpha value is -4.99. The Morgan fingerprint density at radius 3 is 2.49 bits per heavy atom. The summed E-state index contributed by atoms with van der Waals surface area (Å²) in [5.41, 5.74) is 3.40. The molecule has 1 saturated heterocycles. The molecule has 0 unspecified atom stereocenters. The molecule has 2 aromatic carbocycles. The van der Waals surface area contributed by atoms with E-state index in [-0.39, 0.29) is 24.1 Å². The fourth-order valence-electron chi connectivity index (χ4n) is 5.37. The summed E-state index contributed by atoms with van der Waals surface area (Å²) in [6.45, 7) is 4.46. The molecule has 47 heavy (non-hydrogen) atoms. The van der Waals surface area contributed by atoms with Crippen LogP contribution in [0.5, 0.6) is 0 Å². The van der Waals surface area contributed by atoms with Crippen LogP contribution < -0.4 is 16.0 Å². The molecule has 10 nitrogen and oxygen atoms in total. The highest BCUT2D eigenvalue weighted by molar-refractivity contribution is 5.97. The predicted octanol–water partition coefficient (Wildman–Crippen LogP) is 6.46. The predicted molar refractivity (Wildman–Crippen MR) is 184 cm³/mol. The normalized spacial score (nSPS) is 13.3. The number of anilines is 2. The van der Waals surface area contributed by atoms with Gasteiger partial charge in [-0.2, -0.15) is 0 Å². The van der Waals surface area contributed by atoms with E-state index in [1.165, 1.54) is 6.08 Å². The number of piperidine rings is 1. The zero-order valence-corrected chi connectivity index (χ0v) is 27.1. The van der Waals surface area contributed by atoms with Gasteiger partial charge >= 0.3 is 6.09 Å². The van der Waals surface area contributed by atoms with Crippen molar-refractivity contribution in [3.63, 3.8) is 0 Å². The second kappa shape index (κ2) is 18.9. The van der Waals surface area contributed by atoms with Crippen LogP contribution in [0.4, 0.5) is 16.2 Å². The van der Waals surface area contributed by atoms with Gasteiger partial charge in [-0.25, -0.2) is 4.79 Å². The van der Waals surface area contributed by atoms with Gasteiger partial charge < -0.3 is 20.3 Å². The molecule has 2 heterocycles. The minimum atomic E-state index is -0.497. The lowest BCUT2D eigenvalue weighted by Gasteiger charge is -2.32. The molecule has 248 valence electrons. The molecule has 1 aliphatic rings. The number of hydrogen-bond acceptors (Lipinski definition) is 6. The number of pyridine rings is 1. The molecule has 0 atom stereocenters. The molecule has 4 rings (SSSR count). The van der Waals surface area contributed by atoms with Crippen molar-refractivity contribution in [2.75, 3.05) is 36.9 Å². The van der Waals surface area contributed by atoms with Crippen LogP contribution in [0.25, 0.3) is 6.08 Å². The van der Waals surface area contributed by atoms with Crippen LogP contribution in [0.1, 0.15) is 73.4 Å². The lowest BCUT2D eigenvalue weighted by atomic mass is 9.91. The van der Waals surface area contributed by atoms with E-state index in [4.69, 9.17) is 4.74 Å². The summed E-state index contributed by atoms with van der Waals surface area (Å²) >= 11 is 0. The number of rotatable bonds is 15. The van der Waals surface area contributed by atoms with Crippen LogP contribution in [0, 0.1) is 5.92 Å². The van der Waals surface area contributed by atoms with Crippen molar-refractivity contribution >= 4 is 41.3 Å². The zero-order chi connectivity index (χ0) is 33.3. The molecule has 0 aliphatic carbocycles. The summed E-state index contributed by atoms with van der Waals surface area (Å²) in [6.07, 6.45) is 13.1. The van der Waals surface area contributed by atoms with Crippen LogP contribution in [0.2, 0.25) is 0 Å². The molecule has 0 spiro atoms. The van der Waals surface area contributed by atoms with Gasteiger partial charge in [0.05, 0.1) is 13.0 Å². The third-order valence-corrected chi connectivity index (χ3v) is 8.04. The number of benzene rings is 2. The number of nitrogens with zero attached hydrogens (tertiary/aromatic N) is 2. The molecule has 1 fully saturated rings. The third-order valence-electron chi connectivity index (χ3n) is 8.04. The molecule has 3 N–H and O–H groups in total. The maximum atomic E-state index is 13.2. The van der Waals surface area contributed by atoms with Gasteiger partial charge in [-0.3, -0.25) is 24.7 Å². The molecule has 0 radical (unpaired) electrons. The third kappa shape index (κ3) is 12.4. The van der Waals surface area contributed by atoms with Gasteiger partial charge in [0.15, 0.2) is 0 Å². The summed E-state index contributed by atoms with van der Waals surface area (Å²) in [5, 5.41) is 8.50. The SMILES string of the molecule is CCCCOC(=O)Nc1ccc(CC(=O)Nc2cccc(C(=O)N3CCC(CCCCNC(=O)/C=C/c4cccnc4)CC3)c2)cc1. The largest absolute Gasteiger partial charge is 0.449 e. The van der Waals surface area contributed by atoms with E-state index < -0.39 is 6.09 Å². The van der Waals surface area contributed by atoms with E-state index in [9.17, 15) is 19.2 Å². The number of amides is 4. The average Bonchev–Trinajstić information content (AvgIpc) is 3.08. The van der Waals surface area contributed by atoms with Gasteiger partial charge in [-0.1, -0.05) is 50.5 Å². The Balaban J connectivity index is 1.13. The molecular weight excluding hydrogens is 594 g/mol. The lowest BCUT2D eigenvalue weighted by molar-refractivity contribution is -0.116. The highest BCUT2D eigenvalue weighted by Gasteiger charge is 2.23. The Kier molecular flexibility index (Phi) is 14.0. The fraction of sp³-hybridized carbons (Fsp3) is 0.378. The highest BCUT2D eigenvalue weighted by atomic mass is 16.5. The highest BCUT2D eigenvalue weighted by Crippen LogP contribution is 2.24. The molecule has 3 aromatic rings. The molecule has 1 aliphatic heterocycles. The summed E-state index contributed by atoms with van der Waals surface area (Å²) in [5.74, 6) is 0.232. The smallest absolute Gasteiger partial charge is 0.411 e. The summed E-state index contributed by atoms with van der Waals surface area (Å²) in [6, 6.07) is 17.8. The number of carbonyl (C=O) groups is 4. The van der Waals surface area contributed by atoms with E-state index >= 15 is 0 Å². The molecule has 0 bridgehead atoms. The number of aromatic nitrogens is 1.